The van der Waals surface area contributed by atoms with Crippen LogP contribution in [0.3, 0.4) is 0 Å². The maximum atomic E-state index is 10.9. The van der Waals surface area contributed by atoms with E-state index in [1.54, 1.807) is 12.1 Å². The monoisotopic (exact) mass is 282 g/mol. The lowest BCUT2D eigenvalue weighted by Gasteiger charge is -2.22. The van der Waals surface area contributed by atoms with Crippen molar-refractivity contribution in [1.29, 1.82) is 0 Å². The van der Waals surface area contributed by atoms with Crippen molar-refractivity contribution >= 4 is 5.69 Å². The van der Waals surface area contributed by atoms with Crippen LogP contribution in [0, 0.1) is 10.1 Å². The molecule has 0 aliphatic carbocycles. The van der Waals surface area contributed by atoms with Crippen molar-refractivity contribution in [3.05, 3.63) is 28.3 Å². The van der Waals surface area contributed by atoms with E-state index < -0.39 is 10.5 Å². The van der Waals surface area contributed by atoms with E-state index in [1.807, 2.05) is 20.8 Å². The number of nitrogens with two attached hydrogens (primary N) is 1. The number of nitro groups is 1. The van der Waals surface area contributed by atoms with Gasteiger partial charge in [0.05, 0.1) is 11.5 Å². The topological polar surface area (TPSA) is 87.6 Å². The summed E-state index contributed by atoms with van der Waals surface area (Å²) in [6, 6.07) is 4.49. The van der Waals surface area contributed by atoms with Gasteiger partial charge in [-0.15, -0.1) is 0 Å². The summed E-state index contributed by atoms with van der Waals surface area (Å²) in [6.07, 6.45) is 1.55. The van der Waals surface area contributed by atoms with E-state index in [-0.39, 0.29) is 11.4 Å². The number of nitrogens with zero attached hydrogens (tertiary/aromatic N) is 1. The number of rotatable bonds is 8. The molecule has 1 aromatic carbocycles. The normalized spacial score (nSPS) is 13.6. The first-order valence-corrected chi connectivity index (χ1v) is 6.72. The van der Waals surface area contributed by atoms with Crippen LogP contribution in [0.5, 0.6) is 11.5 Å². The molecule has 0 radical (unpaired) electrons. The Balaban J connectivity index is 2.86. The minimum Gasteiger partial charge on any atom is -0.492 e. The van der Waals surface area contributed by atoms with E-state index >= 15 is 0 Å². The van der Waals surface area contributed by atoms with Crippen LogP contribution >= 0.6 is 0 Å². The molecule has 6 nitrogen and oxygen atoms in total. The number of hydrogen-bond donors (Lipinski definition) is 1. The van der Waals surface area contributed by atoms with Gasteiger partial charge in [-0.05, 0) is 25.8 Å². The molecule has 2 N–H and O–H groups in total. The van der Waals surface area contributed by atoms with Crippen LogP contribution in [-0.4, -0.2) is 23.7 Å². The highest BCUT2D eigenvalue weighted by atomic mass is 16.6. The summed E-state index contributed by atoms with van der Waals surface area (Å²) in [5.74, 6) is 0.747. The Hall–Kier alpha value is -1.82. The van der Waals surface area contributed by atoms with Crippen LogP contribution in [0.15, 0.2) is 18.2 Å². The first-order chi connectivity index (χ1) is 9.39. The van der Waals surface area contributed by atoms with Crippen LogP contribution in [-0.2, 0) is 0 Å². The molecular formula is C14H22N2O4. The minimum absolute atomic E-state index is 0.0585. The average molecular weight is 282 g/mol. The summed E-state index contributed by atoms with van der Waals surface area (Å²) in [5.41, 5.74) is 5.51. The van der Waals surface area contributed by atoms with Crippen LogP contribution in [0.1, 0.15) is 33.6 Å². The molecule has 0 saturated heterocycles. The molecule has 0 saturated carbocycles. The summed E-state index contributed by atoms with van der Waals surface area (Å²) >= 11 is 0. The van der Waals surface area contributed by atoms with Gasteiger partial charge in [-0.25, -0.2) is 0 Å². The third-order valence-electron chi connectivity index (χ3n) is 2.97. The first kappa shape index (κ1) is 16.2. The average Bonchev–Trinajstić information content (AvgIpc) is 2.42. The van der Waals surface area contributed by atoms with Crippen LogP contribution < -0.4 is 15.2 Å². The zero-order chi connectivity index (χ0) is 15.2. The van der Waals surface area contributed by atoms with Gasteiger partial charge in [0.2, 0.25) is 5.75 Å². The highest BCUT2D eigenvalue weighted by Gasteiger charge is 2.19. The molecule has 0 heterocycles. The van der Waals surface area contributed by atoms with Gasteiger partial charge in [0.1, 0.15) is 12.4 Å². The Kier molecular flexibility index (Phi) is 5.76. The second kappa shape index (κ2) is 7.09. The fourth-order valence-corrected chi connectivity index (χ4v) is 1.41. The van der Waals surface area contributed by atoms with Crippen molar-refractivity contribution in [2.45, 2.75) is 39.2 Å². The molecule has 0 spiro atoms. The summed E-state index contributed by atoms with van der Waals surface area (Å²) < 4.78 is 11.0. The smallest absolute Gasteiger partial charge is 0.311 e. The van der Waals surface area contributed by atoms with Gasteiger partial charge < -0.3 is 15.2 Å². The molecule has 1 rings (SSSR count). The quantitative estimate of drug-likeness (QED) is 0.585. The molecule has 1 unspecified atom stereocenters. The summed E-state index contributed by atoms with van der Waals surface area (Å²) in [7, 11) is 0. The Morgan fingerprint density at radius 3 is 2.60 bits per heavy atom. The van der Waals surface area contributed by atoms with Gasteiger partial charge >= 0.3 is 5.69 Å². The second-order valence-corrected chi connectivity index (χ2v) is 5.03. The molecule has 0 aliphatic heterocycles. The summed E-state index contributed by atoms with van der Waals surface area (Å²) in [4.78, 5) is 10.5. The SMILES string of the molecule is CCCOc1cc(OCC(C)(N)CC)ccc1[N+](=O)[O-]. The van der Waals surface area contributed by atoms with Crippen LogP contribution in [0.25, 0.3) is 0 Å². The maximum absolute atomic E-state index is 10.9. The van der Waals surface area contributed by atoms with E-state index in [2.05, 4.69) is 0 Å². The van der Waals surface area contributed by atoms with Gasteiger partial charge in [-0.3, -0.25) is 10.1 Å². The van der Waals surface area contributed by atoms with Crippen molar-refractivity contribution in [2.24, 2.45) is 5.73 Å². The van der Waals surface area contributed by atoms with Gasteiger partial charge in [0.25, 0.3) is 0 Å². The van der Waals surface area contributed by atoms with Gasteiger partial charge in [-0.1, -0.05) is 13.8 Å². The summed E-state index contributed by atoms with van der Waals surface area (Å²) in [5, 5.41) is 10.9. The molecule has 1 aromatic rings. The third-order valence-corrected chi connectivity index (χ3v) is 2.97. The molecule has 112 valence electrons. The van der Waals surface area contributed by atoms with E-state index in [1.165, 1.54) is 6.07 Å². The van der Waals surface area contributed by atoms with Gasteiger partial charge in [0, 0.05) is 17.7 Å². The number of ether oxygens (including phenoxy) is 2. The number of benzene rings is 1. The molecule has 20 heavy (non-hydrogen) atoms. The molecule has 1 atom stereocenters. The predicted molar refractivity (Wildman–Crippen MR) is 77.3 cm³/mol. The zero-order valence-electron chi connectivity index (χ0n) is 12.2. The molecule has 0 amide bonds. The van der Waals surface area contributed by atoms with E-state index in [4.69, 9.17) is 15.2 Å². The number of hydrogen-bond acceptors (Lipinski definition) is 5. The zero-order valence-corrected chi connectivity index (χ0v) is 12.2. The molecular weight excluding hydrogens is 260 g/mol. The molecule has 0 bridgehead atoms. The van der Waals surface area contributed by atoms with E-state index in [0.29, 0.717) is 19.0 Å². The van der Waals surface area contributed by atoms with Gasteiger partial charge in [-0.2, -0.15) is 0 Å². The highest BCUT2D eigenvalue weighted by Crippen LogP contribution is 2.31. The lowest BCUT2D eigenvalue weighted by Crippen LogP contribution is -2.41. The number of nitro benzene ring substituents is 1. The molecule has 6 heteroatoms. The second-order valence-electron chi connectivity index (χ2n) is 5.03. The third kappa shape index (κ3) is 4.70. The fraction of sp³-hybridized carbons (Fsp3) is 0.571. The fourth-order valence-electron chi connectivity index (χ4n) is 1.41. The maximum Gasteiger partial charge on any atom is 0.311 e. The van der Waals surface area contributed by atoms with Crippen molar-refractivity contribution in [3.8, 4) is 11.5 Å². The lowest BCUT2D eigenvalue weighted by atomic mass is 10.0. The van der Waals surface area contributed by atoms with Crippen molar-refractivity contribution in [1.82, 2.24) is 0 Å². The minimum atomic E-state index is -0.464. The van der Waals surface area contributed by atoms with E-state index in [0.717, 1.165) is 12.8 Å². The Labute approximate surface area is 119 Å². The molecule has 0 aromatic heterocycles. The first-order valence-electron chi connectivity index (χ1n) is 6.72. The standard InChI is InChI=1S/C14H22N2O4/c1-4-8-19-13-9-11(6-7-12(13)16(17)18)20-10-14(3,15)5-2/h6-7,9H,4-5,8,10,15H2,1-3H3. The lowest BCUT2D eigenvalue weighted by molar-refractivity contribution is -0.385. The van der Waals surface area contributed by atoms with Crippen LogP contribution in [0.4, 0.5) is 5.69 Å². The molecule has 0 fully saturated rings. The predicted octanol–water partition coefficient (Wildman–Crippen LogP) is 2.89. The van der Waals surface area contributed by atoms with Crippen molar-refractivity contribution in [3.63, 3.8) is 0 Å². The Bertz CT molecular complexity index is 460. The summed E-state index contributed by atoms with van der Waals surface area (Å²) in [6.45, 7) is 6.58. The largest absolute Gasteiger partial charge is 0.492 e. The van der Waals surface area contributed by atoms with Crippen LogP contribution in [0.2, 0.25) is 0 Å². The van der Waals surface area contributed by atoms with Crippen molar-refractivity contribution in [2.75, 3.05) is 13.2 Å². The van der Waals surface area contributed by atoms with Crippen molar-refractivity contribution < 1.29 is 14.4 Å². The van der Waals surface area contributed by atoms with E-state index in [9.17, 15) is 10.1 Å². The molecule has 0 aliphatic rings. The Morgan fingerprint density at radius 2 is 2.05 bits per heavy atom. The highest BCUT2D eigenvalue weighted by molar-refractivity contribution is 5.50. The Morgan fingerprint density at radius 1 is 1.35 bits per heavy atom. The van der Waals surface area contributed by atoms with Gasteiger partial charge in [0.15, 0.2) is 0 Å².